The number of ether oxygens (including phenoxy) is 1. The van der Waals surface area contributed by atoms with Crippen LogP contribution in [0.25, 0.3) is 0 Å². The van der Waals surface area contributed by atoms with Crippen LogP contribution < -0.4 is 11.3 Å². The first-order valence-corrected chi connectivity index (χ1v) is 5.84. The Kier molecular flexibility index (Phi) is 3.99. The molecule has 1 heterocycles. The molecule has 0 bridgehead atoms. The third-order valence-corrected chi connectivity index (χ3v) is 3.01. The van der Waals surface area contributed by atoms with Gasteiger partial charge in [0.05, 0.1) is 6.61 Å². The first-order valence-electron chi connectivity index (χ1n) is 5.46. The number of halogens is 2. The third-order valence-electron chi connectivity index (χ3n) is 2.69. The van der Waals surface area contributed by atoms with E-state index in [1.807, 2.05) is 6.08 Å². The van der Waals surface area contributed by atoms with Gasteiger partial charge >= 0.3 is 0 Å². The number of allylic oxidation sites excluding steroid dienone is 1. The van der Waals surface area contributed by atoms with E-state index < -0.39 is 0 Å². The summed E-state index contributed by atoms with van der Waals surface area (Å²) in [5.74, 6) is 5.89. The van der Waals surface area contributed by atoms with Crippen molar-refractivity contribution in [1.29, 1.82) is 0 Å². The molecule has 0 saturated carbocycles. The number of hydrogen-bond donors (Lipinski definition) is 2. The highest BCUT2D eigenvalue weighted by Gasteiger charge is 2.21. The molecule has 3 N–H and O–H groups in total. The van der Waals surface area contributed by atoms with Gasteiger partial charge in [0.2, 0.25) is 0 Å². The molecule has 0 aliphatic carbocycles. The summed E-state index contributed by atoms with van der Waals surface area (Å²) in [5, 5.41) is 0.336. The van der Waals surface area contributed by atoms with Gasteiger partial charge in [-0.1, -0.05) is 17.7 Å². The molecule has 2 rings (SSSR count). The normalized spacial score (nSPS) is 17.2. The first-order chi connectivity index (χ1) is 8.22. The lowest BCUT2D eigenvalue weighted by molar-refractivity contribution is 0.168. The van der Waals surface area contributed by atoms with Gasteiger partial charge in [-0.25, -0.2) is 9.82 Å². The second-order valence-corrected chi connectivity index (χ2v) is 4.27. The van der Waals surface area contributed by atoms with Crippen molar-refractivity contribution in [2.75, 3.05) is 6.61 Å². The van der Waals surface area contributed by atoms with Gasteiger partial charge in [0.1, 0.15) is 17.6 Å². The van der Waals surface area contributed by atoms with E-state index in [1.165, 1.54) is 12.1 Å². The molecule has 1 aliphatic rings. The molecule has 0 spiro atoms. The maximum absolute atomic E-state index is 13.0. The van der Waals surface area contributed by atoms with Crippen LogP contribution >= 0.6 is 11.6 Å². The summed E-state index contributed by atoms with van der Waals surface area (Å²) in [4.78, 5) is 0. The van der Waals surface area contributed by atoms with Gasteiger partial charge in [-0.2, -0.15) is 0 Å². The Morgan fingerprint density at radius 1 is 1.47 bits per heavy atom. The molecule has 17 heavy (non-hydrogen) atoms. The van der Waals surface area contributed by atoms with Crippen molar-refractivity contribution in [3.05, 3.63) is 46.4 Å². The Morgan fingerprint density at radius 3 is 2.88 bits per heavy atom. The van der Waals surface area contributed by atoms with Crippen LogP contribution in [0.15, 0.2) is 30.0 Å². The minimum atomic E-state index is -0.368. The highest BCUT2D eigenvalue weighted by Crippen LogP contribution is 2.30. The van der Waals surface area contributed by atoms with E-state index in [0.717, 1.165) is 18.6 Å². The summed E-state index contributed by atoms with van der Waals surface area (Å²) >= 11 is 6.00. The number of nitrogens with one attached hydrogen (secondary N) is 1. The van der Waals surface area contributed by atoms with Crippen LogP contribution in [0.3, 0.4) is 0 Å². The summed E-state index contributed by atoms with van der Waals surface area (Å²) in [6, 6.07) is 3.91. The molecule has 1 unspecified atom stereocenters. The van der Waals surface area contributed by atoms with Crippen molar-refractivity contribution in [3.63, 3.8) is 0 Å². The Morgan fingerprint density at radius 2 is 2.29 bits per heavy atom. The first kappa shape index (κ1) is 12.4. The minimum Gasteiger partial charge on any atom is -0.496 e. The summed E-state index contributed by atoms with van der Waals surface area (Å²) in [6.07, 6.45) is 3.93. The molecule has 3 nitrogen and oxygen atoms in total. The van der Waals surface area contributed by atoms with E-state index in [4.69, 9.17) is 22.2 Å². The molecule has 0 aromatic heterocycles. The van der Waals surface area contributed by atoms with Crippen LogP contribution in [0.1, 0.15) is 24.4 Å². The molecular formula is C12H14ClFN2O. The average Bonchev–Trinajstić information content (AvgIpc) is 2.34. The zero-order valence-corrected chi connectivity index (χ0v) is 10.0. The highest BCUT2D eigenvalue weighted by atomic mass is 35.5. The lowest BCUT2D eigenvalue weighted by Crippen LogP contribution is -2.31. The molecule has 5 heteroatoms. The molecule has 1 atom stereocenters. The number of benzene rings is 1. The van der Waals surface area contributed by atoms with Crippen LogP contribution in [-0.4, -0.2) is 6.61 Å². The average molecular weight is 257 g/mol. The monoisotopic (exact) mass is 256 g/mol. The van der Waals surface area contributed by atoms with Gasteiger partial charge < -0.3 is 4.74 Å². The van der Waals surface area contributed by atoms with Crippen LogP contribution in [0, 0.1) is 5.82 Å². The van der Waals surface area contributed by atoms with E-state index in [0.29, 0.717) is 17.2 Å². The smallest absolute Gasteiger partial charge is 0.124 e. The fourth-order valence-electron chi connectivity index (χ4n) is 1.84. The molecular weight excluding hydrogens is 243 g/mol. The van der Waals surface area contributed by atoms with E-state index >= 15 is 0 Å². The molecule has 0 radical (unpaired) electrons. The maximum Gasteiger partial charge on any atom is 0.124 e. The standard InChI is InChI=1S/C12H14ClFN2O/c13-10-7-8(14)4-5-9(10)12(16-15)11-3-1-2-6-17-11/h3-5,7,12,16H,1-2,6,15H2. The summed E-state index contributed by atoms with van der Waals surface area (Å²) in [6.45, 7) is 0.669. The molecule has 0 saturated heterocycles. The van der Waals surface area contributed by atoms with E-state index in [-0.39, 0.29) is 11.9 Å². The van der Waals surface area contributed by atoms with Gasteiger partial charge in [-0.3, -0.25) is 5.84 Å². The molecule has 1 aromatic carbocycles. The van der Waals surface area contributed by atoms with E-state index in [2.05, 4.69) is 5.43 Å². The molecule has 1 aromatic rings. The highest BCUT2D eigenvalue weighted by molar-refractivity contribution is 6.31. The molecule has 0 amide bonds. The lowest BCUT2D eigenvalue weighted by Gasteiger charge is -2.24. The Hall–Kier alpha value is -1.10. The van der Waals surface area contributed by atoms with Gasteiger partial charge in [0.15, 0.2) is 0 Å². The lowest BCUT2D eigenvalue weighted by atomic mass is 10.0. The van der Waals surface area contributed by atoms with Crippen molar-refractivity contribution in [2.45, 2.75) is 18.9 Å². The van der Waals surface area contributed by atoms with Gasteiger partial charge in [0, 0.05) is 5.02 Å². The molecule has 1 aliphatic heterocycles. The van der Waals surface area contributed by atoms with E-state index in [1.54, 1.807) is 6.07 Å². The zero-order chi connectivity index (χ0) is 12.3. The molecule has 92 valence electrons. The van der Waals surface area contributed by atoms with Crippen molar-refractivity contribution in [3.8, 4) is 0 Å². The second kappa shape index (κ2) is 5.49. The number of hydrogen-bond acceptors (Lipinski definition) is 3. The van der Waals surface area contributed by atoms with Gasteiger partial charge in [-0.05, 0) is 36.6 Å². The number of nitrogens with two attached hydrogens (primary N) is 1. The maximum atomic E-state index is 13.0. The topological polar surface area (TPSA) is 47.3 Å². The van der Waals surface area contributed by atoms with Crippen molar-refractivity contribution >= 4 is 11.6 Å². The number of hydrazine groups is 1. The van der Waals surface area contributed by atoms with Crippen LogP contribution in [0.5, 0.6) is 0 Å². The predicted octanol–water partition coefficient (Wildman–Crippen LogP) is 2.68. The Balaban J connectivity index is 2.31. The SMILES string of the molecule is NNC(C1=CCCCO1)c1ccc(F)cc1Cl. The van der Waals surface area contributed by atoms with Gasteiger partial charge in [0.25, 0.3) is 0 Å². The summed E-state index contributed by atoms with van der Waals surface area (Å²) < 4.78 is 18.5. The fourth-order valence-corrected chi connectivity index (χ4v) is 2.11. The van der Waals surface area contributed by atoms with Crippen LogP contribution in [0.2, 0.25) is 5.02 Å². The van der Waals surface area contributed by atoms with E-state index in [9.17, 15) is 4.39 Å². The third kappa shape index (κ3) is 2.77. The van der Waals surface area contributed by atoms with Crippen molar-refractivity contribution in [2.24, 2.45) is 5.84 Å². The Labute approximate surface area is 104 Å². The minimum absolute atomic E-state index is 0.330. The second-order valence-electron chi connectivity index (χ2n) is 3.86. The quantitative estimate of drug-likeness (QED) is 0.646. The van der Waals surface area contributed by atoms with Crippen molar-refractivity contribution in [1.82, 2.24) is 5.43 Å². The van der Waals surface area contributed by atoms with Crippen molar-refractivity contribution < 1.29 is 9.13 Å². The van der Waals surface area contributed by atoms with Crippen LogP contribution in [-0.2, 0) is 4.74 Å². The Bertz CT molecular complexity index is 437. The zero-order valence-electron chi connectivity index (χ0n) is 9.25. The van der Waals surface area contributed by atoms with Crippen LogP contribution in [0.4, 0.5) is 4.39 Å². The summed E-state index contributed by atoms with van der Waals surface area (Å²) in [5.41, 5.74) is 3.36. The predicted molar refractivity (Wildman–Crippen MR) is 64.7 cm³/mol. The molecule has 0 fully saturated rings. The summed E-state index contributed by atoms with van der Waals surface area (Å²) in [7, 11) is 0. The fraction of sp³-hybridized carbons (Fsp3) is 0.333. The number of rotatable bonds is 3. The van der Waals surface area contributed by atoms with Gasteiger partial charge in [-0.15, -0.1) is 0 Å². The largest absolute Gasteiger partial charge is 0.496 e.